The van der Waals surface area contributed by atoms with E-state index in [0.29, 0.717) is 17.9 Å². The lowest BCUT2D eigenvalue weighted by Gasteiger charge is -2.19. The van der Waals surface area contributed by atoms with Crippen LogP contribution in [0, 0.1) is 0 Å². The summed E-state index contributed by atoms with van der Waals surface area (Å²) >= 11 is 0. The molecular weight excluding hydrogens is 242 g/mol. The number of hydrogen-bond donors (Lipinski definition) is 1. The first-order valence-electron chi connectivity index (χ1n) is 6.09. The van der Waals surface area contributed by atoms with Crippen LogP contribution in [0.4, 0.5) is 0 Å². The van der Waals surface area contributed by atoms with Gasteiger partial charge >= 0.3 is 0 Å². The molecule has 2 rings (SSSR count). The van der Waals surface area contributed by atoms with Crippen LogP contribution in [0.5, 0.6) is 0 Å². The van der Waals surface area contributed by atoms with E-state index in [1.807, 2.05) is 25.9 Å². The molecule has 0 radical (unpaired) electrons. The second kappa shape index (κ2) is 5.71. The molecule has 100 valence electrons. The summed E-state index contributed by atoms with van der Waals surface area (Å²) in [6.45, 7) is 2.62. The van der Waals surface area contributed by atoms with Gasteiger partial charge in [0.25, 0.3) is 5.91 Å². The average Bonchev–Trinajstić information content (AvgIpc) is 2.43. The molecule has 0 bridgehead atoms. The van der Waals surface area contributed by atoms with Crippen molar-refractivity contribution in [3.8, 4) is 0 Å². The molecule has 1 atom stereocenters. The fourth-order valence-electron chi connectivity index (χ4n) is 1.50. The topological polar surface area (TPSA) is 71.0 Å². The van der Waals surface area contributed by atoms with E-state index < -0.39 is 0 Å². The number of nitrogens with zero attached hydrogens (tertiary/aromatic N) is 4. The van der Waals surface area contributed by atoms with Gasteiger partial charge in [-0.2, -0.15) is 0 Å². The van der Waals surface area contributed by atoms with Crippen LogP contribution in [0.25, 0.3) is 11.0 Å². The highest BCUT2D eigenvalue weighted by Crippen LogP contribution is 2.07. The predicted octanol–water partition coefficient (Wildman–Crippen LogP) is 0.705. The molecule has 2 aromatic heterocycles. The van der Waals surface area contributed by atoms with Crippen LogP contribution in [0.2, 0.25) is 0 Å². The molecule has 0 spiro atoms. The molecule has 0 aliphatic heterocycles. The summed E-state index contributed by atoms with van der Waals surface area (Å²) in [6, 6.07) is 3.75. The maximum absolute atomic E-state index is 12.0. The van der Waals surface area contributed by atoms with Crippen LogP contribution < -0.4 is 5.32 Å². The molecular formula is C13H17N5O. The van der Waals surface area contributed by atoms with Crippen molar-refractivity contribution in [2.45, 2.75) is 13.0 Å². The summed E-state index contributed by atoms with van der Waals surface area (Å²) in [5, 5.41) is 3.68. The number of fused-ring (bicyclic) bond motifs is 1. The van der Waals surface area contributed by atoms with Gasteiger partial charge in [0.05, 0.1) is 0 Å². The smallest absolute Gasteiger partial charge is 0.270 e. The lowest BCUT2D eigenvalue weighted by atomic mass is 10.2. The fraction of sp³-hybridized carbons (Fsp3) is 0.385. The van der Waals surface area contributed by atoms with Crippen LogP contribution in [0.15, 0.2) is 24.7 Å². The second-order valence-corrected chi connectivity index (χ2v) is 4.65. The zero-order valence-corrected chi connectivity index (χ0v) is 11.3. The molecule has 0 fully saturated rings. The SMILES string of the molecule is CC(CNC(=O)c1ccc2cncnc2n1)N(C)C. The van der Waals surface area contributed by atoms with Gasteiger partial charge in [-0.25, -0.2) is 15.0 Å². The van der Waals surface area contributed by atoms with Gasteiger partial charge < -0.3 is 10.2 Å². The summed E-state index contributed by atoms with van der Waals surface area (Å²) in [4.78, 5) is 26.2. The van der Waals surface area contributed by atoms with Crippen molar-refractivity contribution >= 4 is 16.9 Å². The van der Waals surface area contributed by atoms with E-state index >= 15 is 0 Å². The Bertz CT molecular complexity index is 584. The molecule has 0 aromatic carbocycles. The van der Waals surface area contributed by atoms with Crippen LogP contribution in [0.3, 0.4) is 0 Å². The van der Waals surface area contributed by atoms with Gasteiger partial charge in [0.2, 0.25) is 0 Å². The highest BCUT2D eigenvalue weighted by molar-refractivity contribution is 5.94. The van der Waals surface area contributed by atoms with E-state index in [2.05, 4.69) is 20.3 Å². The van der Waals surface area contributed by atoms with Crippen molar-refractivity contribution in [1.82, 2.24) is 25.2 Å². The maximum atomic E-state index is 12.0. The number of aromatic nitrogens is 3. The standard InChI is InChI=1S/C13H17N5O/c1-9(18(2)3)6-15-13(19)11-5-4-10-7-14-8-16-12(10)17-11/h4-5,7-9H,6H2,1-3H3,(H,15,19). The number of carbonyl (C=O) groups excluding carboxylic acids is 1. The molecule has 6 nitrogen and oxygen atoms in total. The Morgan fingerprint density at radius 1 is 1.42 bits per heavy atom. The minimum atomic E-state index is -0.186. The molecule has 6 heteroatoms. The summed E-state index contributed by atoms with van der Waals surface area (Å²) in [6.07, 6.45) is 3.09. The highest BCUT2D eigenvalue weighted by atomic mass is 16.1. The van der Waals surface area contributed by atoms with Gasteiger partial charge in [-0.1, -0.05) is 0 Å². The van der Waals surface area contributed by atoms with Crippen molar-refractivity contribution in [3.05, 3.63) is 30.4 Å². The quantitative estimate of drug-likeness (QED) is 0.875. The van der Waals surface area contributed by atoms with Gasteiger partial charge in [-0.05, 0) is 33.2 Å². The van der Waals surface area contributed by atoms with Crippen molar-refractivity contribution < 1.29 is 4.79 Å². The molecule has 0 aliphatic rings. The molecule has 19 heavy (non-hydrogen) atoms. The third kappa shape index (κ3) is 3.23. The van der Waals surface area contributed by atoms with Crippen LogP contribution in [-0.2, 0) is 0 Å². The maximum Gasteiger partial charge on any atom is 0.270 e. The van der Waals surface area contributed by atoms with Crippen LogP contribution >= 0.6 is 0 Å². The third-order valence-electron chi connectivity index (χ3n) is 3.04. The summed E-state index contributed by atoms with van der Waals surface area (Å²) in [5.41, 5.74) is 0.903. The number of hydrogen-bond acceptors (Lipinski definition) is 5. The summed E-state index contributed by atoms with van der Waals surface area (Å²) in [7, 11) is 3.95. The minimum Gasteiger partial charge on any atom is -0.349 e. The highest BCUT2D eigenvalue weighted by Gasteiger charge is 2.11. The number of carbonyl (C=O) groups is 1. The first kappa shape index (κ1) is 13.4. The zero-order valence-electron chi connectivity index (χ0n) is 11.3. The monoisotopic (exact) mass is 259 g/mol. The number of likely N-dealkylation sites (N-methyl/N-ethyl adjacent to an activating group) is 1. The van der Waals surface area contributed by atoms with Crippen LogP contribution in [0.1, 0.15) is 17.4 Å². The normalized spacial score (nSPS) is 12.6. The van der Waals surface area contributed by atoms with Gasteiger partial charge in [0, 0.05) is 24.2 Å². The molecule has 2 heterocycles. The van der Waals surface area contributed by atoms with E-state index in [-0.39, 0.29) is 11.9 Å². The Morgan fingerprint density at radius 2 is 2.21 bits per heavy atom. The largest absolute Gasteiger partial charge is 0.349 e. The molecule has 2 aromatic rings. The Hall–Kier alpha value is -2.08. The molecule has 0 aliphatic carbocycles. The Balaban J connectivity index is 2.09. The van der Waals surface area contributed by atoms with E-state index in [1.54, 1.807) is 18.3 Å². The summed E-state index contributed by atoms with van der Waals surface area (Å²) < 4.78 is 0. The Labute approximate surface area is 111 Å². The number of pyridine rings is 1. The van der Waals surface area contributed by atoms with Gasteiger partial charge in [0.15, 0.2) is 5.65 Å². The minimum absolute atomic E-state index is 0.186. The number of amides is 1. The molecule has 0 saturated carbocycles. The molecule has 0 saturated heterocycles. The van der Waals surface area contributed by atoms with Gasteiger partial charge in [-0.3, -0.25) is 4.79 Å². The lowest BCUT2D eigenvalue weighted by molar-refractivity contribution is 0.0939. The van der Waals surface area contributed by atoms with E-state index in [9.17, 15) is 4.79 Å². The van der Waals surface area contributed by atoms with Gasteiger partial charge in [-0.15, -0.1) is 0 Å². The first-order chi connectivity index (χ1) is 9.08. The second-order valence-electron chi connectivity index (χ2n) is 4.65. The summed E-state index contributed by atoms with van der Waals surface area (Å²) in [5.74, 6) is -0.186. The zero-order chi connectivity index (χ0) is 13.8. The fourth-order valence-corrected chi connectivity index (χ4v) is 1.50. The average molecular weight is 259 g/mol. The van der Waals surface area contributed by atoms with E-state index in [0.717, 1.165) is 5.39 Å². The molecule has 1 N–H and O–H groups in total. The van der Waals surface area contributed by atoms with E-state index in [4.69, 9.17) is 0 Å². The predicted molar refractivity (Wildman–Crippen MR) is 72.8 cm³/mol. The van der Waals surface area contributed by atoms with Crippen molar-refractivity contribution in [3.63, 3.8) is 0 Å². The van der Waals surface area contributed by atoms with E-state index in [1.165, 1.54) is 6.33 Å². The number of nitrogens with one attached hydrogen (secondary N) is 1. The van der Waals surface area contributed by atoms with Crippen molar-refractivity contribution in [1.29, 1.82) is 0 Å². The molecule has 1 amide bonds. The lowest BCUT2D eigenvalue weighted by Crippen LogP contribution is -2.38. The van der Waals surface area contributed by atoms with Crippen molar-refractivity contribution in [2.24, 2.45) is 0 Å². The number of rotatable bonds is 4. The third-order valence-corrected chi connectivity index (χ3v) is 3.04. The molecule has 1 unspecified atom stereocenters. The van der Waals surface area contributed by atoms with Gasteiger partial charge in [0.1, 0.15) is 12.0 Å². The first-order valence-corrected chi connectivity index (χ1v) is 6.09. The Morgan fingerprint density at radius 3 is 2.95 bits per heavy atom. The Kier molecular flexibility index (Phi) is 4.01. The van der Waals surface area contributed by atoms with Crippen LogP contribution in [-0.4, -0.2) is 52.4 Å². The van der Waals surface area contributed by atoms with Crippen molar-refractivity contribution in [2.75, 3.05) is 20.6 Å².